The Bertz CT molecular complexity index is 762. The van der Waals surface area contributed by atoms with Gasteiger partial charge >= 0.3 is 0 Å². The molecule has 0 aliphatic heterocycles. The van der Waals surface area contributed by atoms with Gasteiger partial charge in [-0.1, -0.05) is 23.9 Å². The summed E-state index contributed by atoms with van der Waals surface area (Å²) in [7, 11) is 0. The Morgan fingerprint density at radius 3 is 2.56 bits per heavy atom. The third kappa shape index (κ3) is 5.54. The first-order valence-corrected chi connectivity index (χ1v) is 9.43. The number of primary amides is 1. The predicted molar refractivity (Wildman–Crippen MR) is 98.0 cm³/mol. The minimum absolute atomic E-state index is 0.133. The number of hydrogen-bond donors (Lipinski definition) is 2. The van der Waals surface area contributed by atoms with Crippen molar-refractivity contribution in [2.75, 3.05) is 0 Å². The summed E-state index contributed by atoms with van der Waals surface area (Å²) < 4.78 is 13.7. The van der Waals surface area contributed by atoms with Gasteiger partial charge in [0.25, 0.3) is 0 Å². The number of carbonyl (C=O) groups excluding carboxylic acids is 2. The lowest BCUT2D eigenvalue weighted by Gasteiger charge is -2.17. The molecule has 2 rings (SSSR count). The molecule has 0 saturated heterocycles. The van der Waals surface area contributed by atoms with Crippen molar-refractivity contribution in [3.63, 3.8) is 0 Å². The smallest absolute Gasteiger partial charge is 0.233 e. The van der Waals surface area contributed by atoms with Crippen molar-refractivity contribution in [1.82, 2.24) is 10.3 Å². The van der Waals surface area contributed by atoms with Gasteiger partial charge in [0, 0.05) is 4.88 Å². The number of thioether (sulfide) groups is 1. The fourth-order valence-corrected chi connectivity index (χ4v) is 4.54. The molecular formula is C17H20FN3O2S2. The molecule has 0 saturated carbocycles. The zero-order valence-electron chi connectivity index (χ0n) is 14.2. The van der Waals surface area contributed by atoms with E-state index in [0.717, 1.165) is 20.5 Å². The highest BCUT2D eigenvalue weighted by atomic mass is 32.2. The van der Waals surface area contributed by atoms with E-state index in [1.165, 1.54) is 35.2 Å². The summed E-state index contributed by atoms with van der Waals surface area (Å²) in [6.45, 7) is 5.46. The van der Waals surface area contributed by atoms with Gasteiger partial charge in [-0.05, 0) is 38.5 Å². The SMILES string of the molecule is Cc1nc(S[C@H](C)C(=O)N[C@H](C)c2ccc(F)cc2)sc1CC(N)=O. The van der Waals surface area contributed by atoms with Crippen LogP contribution >= 0.6 is 23.1 Å². The number of hydrogen-bond acceptors (Lipinski definition) is 5. The first-order chi connectivity index (χ1) is 11.8. The molecule has 0 aliphatic rings. The second-order valence-electron chi connectivity index (χ2n) is 5.67. The Balaban J connectivity index is 1.95. The first-order valence-electron chi connectivity index (χ1n) is 7.73. The average molecular weight is 381 g/mol. The van der Waals surface area contributed by atoms with E-state index in [9.17, 15) is 14.0 Å². The van der Waals surface area contributed by atoms with E-state index < -0.39 is 5.91 Å². The van der Waals surface area contributed by atoms with Crippen molar-refractivity contribution in [2.45, 2.75) is 42.8 Å². The number of aromatic nitrogens is 1. The molecule has 0 aliphatic carbocycles. The monoisotopic (exact) mass is 381 g/mol. The second kappa shape index (κ2) is 8.44. The molecule has 25 heavy (non-hydrogen) atoms. The Morgan fingerprint density at radius 1 is 1.32 bits per heavy atom. The molecule has 8 heteroatoms. The molecule has 0 radical (unpaired) electrons. The number of aryl methyl sites for hydroxylation is 1. The number of nitrogens with two attached hydrogens (primary N) is 1. The van der Waals surface area contributed by atoms with Crippen molar-refractivity contribution < 1.29 is 14.0 Å². The standard InChI is InChI=1S/C17H20FN3O2S2/c1-9(12-4-6-13(18)7-5-12)20-16(23)11(3)24-17-21-10(2)14(25-17)8-15(19)22/h4-7,9,11H,8H2,1-3H3,(H2,19,22)(H,20,23)/t9-,11-/m1/s1. The van der Waals surface area contributed by atoms with Gasteiger partial charge in [-0.15, -0.1) is 11.3 Å². The van der Waals surface area contributed by atoms with Crippen LogP contribution in [0.4, 0.5) is 4.39 Å². The molecule has 3 N–H and O–H groups in total. The molecule has 134 valence electrons. The van der Waals surface area contributed by atoms with Gasteiger partial charge in [0.1, 0.15) is 5.82 Å². The maximum atomic E-state index is 13.0. The number of benzene rings is 1. The molecular weight excluding hydrogens is 361 g/mol. The normalized spacial score (nSPS) is 13.3. The minimum Gasteiger partial charge on any atom is -0.369 e. The van der Waals surface area contributed by atoms with Crippen molar-refractivity contribution in [3.8, 4) is 0 Å². The molecule has 0 spiro atoms. The largest absolute Gasteiger partial charge is 0.369 e. The second-order valence-corrected chi connectivity index (χ2v) is 8.34. The molecule has 1 aromatic heterocycles. The predicted octanol–water partition coefficient (Wildman–Crippen LogP) is 2.98. The van der Waals surface area contributed by atoms with E-state index in [0.29, 0.717) is 0 Å². The quantitative estimate of drug-likeness (QED) is 0.722. The molecule has 1 aromatic carbocycles. The summed E-state index contributed by atoms with van der Waals surface area (Å²) in [5.41, 5.74) is 6.81. The third-order valence-corrected chi connectivity index (χ3v) is 5.93. The zero-order chi connectivity index (χ0) is 18.6. The lowest BCUT2D eigenvalue weighted by atomic mass is 10.1. The van der Waals surface area contributed by atoms with Crippen LogP contribution in [0.15, 0.2) is 28.6 Å². The van der Waals surface area contributed by atoms with E-state index in [-0.39, 0.29) is 29.4 Å². The van der Waals surface area contributed by atoms with Crippen LogP contribution in [0.1, 0.15) is 36.0 Å². The van der Waals surface area contributed by atoms with Gasteiger partial charge in [0.15, 0.2) is 4.34 Å². The highest BCUT2D eigenvalue weighted by Gasteiger charge is 2.20. The molecule has 1 heterocycles. The van der Waals surface area contributed by atoms with Crippen LogP contribution in [0.3, 0.4) is 0 Å². The van der Waals surface area contributed by atoms with Gasteiger partial charge in [0.2, 0.25) is 11.8 Å². The number of rotatable bonds is 7. The summed E-state index contributed by atoms with van der Waals surface area (Å²) in [6.07, 6.45) is 0.159. The molecule has 2 aromatic rings. The van der Waals surface area contributed by atoms with Crippen LogP contribution in [-0.4, -0.2) is 22.0 Å². The zero-order valence-corrected chi connectivity index (χ0v) is 15.8. The van der Waals surface area contributed by atoms with Crippen LogP contribution < -0.4 is 11.1 Å². The molecule has 0 unspecified atom stereocenters. The highest BCUT2D eigenvalue weighted by Crippen LogP contribution is 2.30. The lowest BCUT2D eigenvalue weighted by molar-refractivity contribution is -0.121. The van der Waals surface area contributed by atoms with Crippen LogP contribution in [0, 0.1) is 12.7 Å². The van der Waals surface area contributed by atoms with Gasteiger partial charge < -0.3 is 11.1 Å². The van der Waals surface area contributed by atoms with E-state index in [1.54, 1.807) is 19.1 Å². The maximum Gasteiger partial charge on any atom is 0.233 e. The number of halogens is 1. The van der Waals surface area contributed by atoms with Gasteiger partial charge in [-0.3, -0.25) is 9.59 Å². The topological polar surface area (TPSA) is 85.1 Å². The van der Waals surface area contributed by atoms with Crippen molar-refractivity contribution in [1.29, 1.82) is 0 Å². The molecule has 0 fully saturated rings. The summed E-state index contributed by atoms with van der Waals surface area (Å²) in [5.74, 6) is -0.842. The maximum absolute atomic E-state index is 13.0. The highest BCUT2D eigenvalue weighted by molar-refractivity contribution is 8.02. The first kappa shape index (κ1) is 19.4. The van der Waals surface area contributed by atoms with Crippen LogP contribution in [0.25, 0.3) is 0 Å². The molecule has 0 bridgehead atoms. The Kier molecular flexibility index (Phi) is 6.55. The number of nitrogens with one attached hydrogen (secondary N) is 1. The summed E-state index contributed by atoms with van der Waals surface area (Å²) in [6, 6.07) is 5.82. The molecule has 2 amide bonds. The lowest BCUT2D eigenvalue weighted by Crippen LogP contribution is -2.33. The Labute approximate surface area is 154 Å². The third-order valence-electron chi connectivity index (χ3n) is 3.58. The summed E-state index contributed by atoms with van der Waals surface area (Å²) in [4.78, 5) is 28.6. The Morgan fingerprint density at radius 2 is 1.96 bits per heavy atom. The summed E-state index contributed by atoms with van der Waals surface area (Å²) >= 11 is 2.72. The average Bonchev–Trinajstić information content (AvgIpc) is 2.86. The fourth-order valence-electron chi connectivity index (χ4n) is 2.14. The minimum atomic E-state index is -0.401. The van der Waals surface area contributed by atoms with Gasteiger partial charge in [-0.2, -0.15) is 0 Å². The number of amides is 2. The van der Waals surface area contributed by atoms with Crippen LogP contribution in [0.5, 0.6) is 0 Å². The fraction of sp³-hybridized carbons (Fsp3) is 0.353. The van der Waals surface area contributed by atoms with Crippen molar-refractivity contribution >= 4 is 34.9 Å². The van der Waals surface area contributed by atoms with Gasteiger partial charge in [-0.25, -0.2) is 9.37 Å². The van der Waals surface area contributed by atoms with Gasteiger partial charge in [0.05, 0.1) is 23.4 Å². The van der Waals surface area contributed by atoms with Crippen LogP contribution in [-0.2, 0) is 16.0 Å². The van der Waals surface area contributed by atoms with E-state index in [1.807, 2.05) is 13.8 Å². The number of nitrogens with zero attached hydrogens (tertiary/aromatic N) is 1. The Hall–Kier alpha value is -1.93. The van der Waals surface area contributed by atoms with E-state index in [2.05, 4.69) is 10.3 Å². The molecule has 5 nitrogen and oxygen atoms in total. The van der Waals surface area contributed by atoms with Crippen molar-refractivity contribution in [2.24, 2.45) is 5.73 Å². The van der Waals surface area contributed by atoms with E-state index in [4.69, 9.17) is 5.73 Å². The number of carbonyl (C=O) groups is 2. The van der Waals surface area contributed by atoms with Crippen molar-refractivity contribution in [3.05, 3.63) is 46.2 Å². The van der Waals surface area contributed by atoms with Crippen LogP contribution in [0.2, 0.25) is 0 Å². The summed E-state index contributed by atoms with van der Waals surface area (Å²) in [5, 5.41) is 2.56. The number of thiazole rings is 1. The molecule has 2 atom stereocenters. The van der Waals surface area contributed by atoms with E-state index >= 15 is 0 Å².